The lowest BCUT2D eigenvalue weighted by molar-refractivity contribution is 0.0114. The third-order valence-electron chi connectivity index (χ3n) is 6.04. The smallest absolute Gasteiger partial charge is 0.175 e. The average molecular weight is 567 g/mol. The van der Waals surface area contributed by atoms with E-state index in [2.05, 4.69) is 0 Å². The number of phenols is 1. The van der Waals surface area contributed by atoms with Crippen molar-refractivity contribution in [1.82, 2.24) is 0 Å². The SMILES string of the molecule is CCOCCOCCOCCOc1ccc(Oc2c(-c3ccc(S(C)(=O)=O)cc3)ccc3cc(O)ccc23)cc1. The zero-order chi connectivity index (χ0) is 28.4. The maximum Gasteiger partial charge on any atom is 0.175 e. The first-order valence-corrected chi connectivity index (χ1v) is 14.9. The summed E-state index contributed by atoms with van der Waals surface area (Å²) in [5.41, 5.74) is 1.59. The van der Waals surface area contributed by atoms with Gasteiger partial charge in [0.1, 0.15) is 29.6 Å². The van der Waals surface area contributed by atoms with Crippen molar-refractivity contribution >= 4 is 20.6 Å². The summed E-state index contributed by atoms with van der Waals surface area (Å²) < 4.78 is 52.1. The van der Waals surface area contributed by atoms with Gasteiger partial charge >= 0.3 is 0 Å². The Labute approximate surface area is 234 Å². The fourth-order valence-electron chi connectivity index (χ4n) is 4.03. The van der Waals surface area contributed by atoms with Crippen LogP contribution in [0, 0.1) is 0 Å². The predicted molar refractivity (Wildman–Crippen MR) is 154 cm³/mol. The second-order valence-electron chi connectivity index (χ2n) is 8.99. The highest BCUT2D eigenvalue weighted by molar-refractivity contribution is 7.90. The third-order valence-corrected chi connectivity index (χ3v) is 7.16. The van der Waals surface area contributed by atoms with E-state index in [1.54, 1.807) is 42.5 Å². The largest absolute Gasteiger partial charge is 0.508 e. The third kappa shape index (κ3) is 8.19. The van der Waals surface area contributed by atoms with E-state index in [1.807, 2.05) is 43.3 Å². The molecular formula is C31H34O8S. The fraction of sp³-hybridized carbons (Fsp3) is 0.290. The molecule has 0 aromatic heterocycles. The number of hydrogen-bond acceptors (Lipinski definition) is 8. The highest BCUT2D eigenvalue weighted by Gasteiger charge is 2.15. The van der Waals surface area contributed by atoms with Crippen LogP contribution in [0.15, 0.2) is 83.8 Å². The minimum Gasteiger partial charge on any atom is -0.508 e. The Balaban J connectivity index is 1.42. The molecule has 40 heavy (non-hydrogen) atoms. The number of rotatable bonds is 15. The summed E-state index contributed by atoms with van der Waals surface area (Å²) in [5.74, 6) is 2.03. The van der Waals surface area contributed by atoms with Gasteiger partial charge in [-0.05, 0) is 78.5 Å². The summed E-state index contributed by atoms with van der Waals surface area (Å²) >= 11 is 0. The van der Waals surface area contributed by atoms with Crippen LogP contribution in [0.4, 0.5) is 0 Å². The summed E-state index contributed by atoms with van der Waals surface area (Å²) in [4.78, 5) is 0.247. The Kier molecular flexibility index (Phi) is 10.4. The van der Waals surface area contributed by atoms with Crippen molar-refractivity contribution < 1.29 is 37.2 Å². The quantitative estimate of drug-likeness (QED) is 0.179. The van der Waals surface area contributed by atoms with E-state index >= 15 is 0 Å². The predicted octanol–water partition coefficient (Wildman–Crippen LogP) is 5.86. The number of aromatic hydroxyl groups is 1. The number of sulfone groups is 1. The summed E-state index contributed by atoms with van der Waals surface area (Å²) in [5, 5.41) is 11.6. The van der Waals surface area contributed by atoms with Crippen LogP contribution in [0.1, 0.15) is 6.92 Å². The van der Waals surface area contributed by atoms with Crippen LogP contribution < -0.4 is 9.47 Å². The van der Waals surface area contributed by atoms with Crippen molar-refractivity contribution in [1.29, 1.82) is 0 Å². The summed E-state index contributed by atoms with van der Waals surface area (Å²) in [6, 6.07) is 22.8. The summed E-state index contributed by atoms with van der Waals surface area (Å²) in [6.07, 6.45) is 1.18. The number of benzene rings is 4. The highest BCUT2D eigenvalue weighted by Crippen LogP contribution is 2.41. The van der Waals surface area contributed by atoms with Gasteiger partial charge in [-0.25, -0.2) is 8.42 Å². The van der Waals surface area contributed by atoms with Crippen molar-refractivity contribution in [3.05, 3.63) is 78.9 Å². The molecule has 0 radical (unpaired) electrons. The van der Waals surface area contributed by atoms with E-state index in [1.165, 1.54) is 6.26 Å². The standard InChI is InChI=1S/C31H34O8S/c1-3-35-16-17-36-18-19-37-20-21-38-26-8-10-27(11-9-26)39-31-29(14-6-24-22-25(32)7-15-30(24)31)23-4-12-28(13-5-23)40(2,33)34/h4-15,22,32H,3,16-21H2,1-2H3. The minimum absolute atomic E-state index is 0.156. The Morgan fingerprint density at radius 1 is 0.700 bits per heavy atom. The van der Waals surface area contributed by atoms with Gasteiger partial charge in [-0.15, -0.1) is 0 Å². The molecule has 4 rings (SSSR count). The van der Waals surface area contributed by atoms with Crippen LogP contribution in [0.5, 0.6) is 23.0 Å². The Morgan fingerprint density at radius 3 is 1.98 bits per heavy atom. The lowest BCUT2D eigenvalue weighted by atomic mass is 9.99. The van der Waals surface area contributed by atoms with Crippen molar-refractivity contribution in [3.8, 4) is 34.1 Å². The van der Waals surface area contributed by atoms with Crippen molar-refractivity contribution in [2.45, 2.75) is 11.8 Å². The molecule has 0 aliphatic heterocycles. The van der Waals surface area contributed by atoms with Crippen molar-refractivity contribution in [2.75, 3.05) is 52.5 Å². The minimum atomic E-state index is -3.31. The van der Waals surface area contributed by atoms with Gasteiger partial charge in [0.2, 0.25) is 0 Å². The van der Waals surface area contributed by atoms with Crippen molar-refractivity contribution in [2.24, 2.45) is 0 Å². The van der Waals surface area contributed by atoms with Crippen LogP contribution in [-0.4, -0.2) is 66.0 Å². The number of phenolic OH excluding ortho intramolecular Hbond substituents is 1. The summed E-state index contributed by atoms with van der Waals surface area (Å²) in [6.45, 7) is 5.62. The molecule has 0 saturated heterocycles. The van der Waals surface area contributed by atoms with Gasteiger partial charge in [0.25, 0.3) is 0 Å². The molecule has 212 valence electrons. The van der Waals surface area contributed by atoms with E-state index in [0.717, 1.165) is 21.9 Å². The second-order valence-corrected chi connectivity index (χ2v) is 11.0. The second kappa shape index (κ2) is 14.1. The van der Waals surface area contributed by atoms with Gasteiger partial charge in [0.05, 0.1) is 37.9 Å². The molecule has 9 heteroatoms. The first kappa shape index (κ1) is 29.4. The van der Waals surface area contributed by atoms with Gasteiger partial charge in [0.15, 0.2) is 9.84 Å². The lowest BCUT2D eigenvalue weighted by Crippen LogP contribution is -2.12. The first-order valence-electron chi connectivity index (χ1n) is 13.1. The Hall–Kier alpha value is -3.63. The zero-order valence-corrected chi connectivity index (χ0v) is 23.5. The molecule has 4 aromatic rings. The maximum absolute atomic E-state index is 11.9. The molecule has 8 nitrogen and oxygen atoms in total. The molecule has 0 amide bonds. The highest BCUT2D eigenvalue weighted by atomic mass is 32.2. The first-order chi connectivity index (χ1) is 19.3. The Bertz CT molecular complexity index is 1480. The molecule has 0 spiro atoms. The van der Waals surface area contributed by atoms with Crippen LogP contribution in [0.25, 0.3) is 21.9 Å². The summed E-state index contributed by atoms with van der Waals surface area (Å²) in [7, 11) is -3.31. The lowest BCUT2D eigenvalue weighted by Gasteiger charge is -2.16. The molecule has 0 heterocycles. The average Bonchev–Trinajstić information content (AvgIpc) is 2.94. The number of ether oxygens (including phenoxy) is 5. The molecule has 0 aliphatic rings. The van der Waals surface area contributed by atoms with Crippen LogP contribution >= 0.6 is 0 Å². The molecular weight excluding hydrogens is 532 g/mol. The van der Waals surface area contributed by atoms with Crippen LogP contribution in [0.3, 0.4) is 0 Å². The zero-order valence-electron chi connectivity index (χ0n) is 22.7. The topological polar surface area (TPSA) is 101 Å². The molecule has 0 unspecified atom stereocenters. The van der Waals surface area contributed by atoms with Crippen molar-refractivity contribution in [3.63, 3.8) is 0 Å². The monoisotopic (exact) mass is 566 g/mol. The molecule has 1 N–H and O–H groups in total. The van der Waals surface area contributed by atoms with E-state index < -0.39 is 9.84 Å². The number of hydrogen-bond donors (Lipinski definition) is 1. The van der Waals surface area contributed by atoms with E-state index in [9.17, 15) is 13.5 Å². The maximum atomic E-state index is 11.9. The van der Waals surface area contributed by atoms with Gasteiger partial charge < -0.3 is 28.8 Å². The Morgan fingerprint density at radius 2 is 1.32 bits per heavy atom. The van der Waals surface area contributed by atoms with E-state index in [-0.39, 0.29) is 10.6 Å². The normalized spacial score (nSPS) is 11.6. The molecule has 0 fully saturated rings. The molecule has 0 bridgehead atoms. The van der Waals surface area contributed by atoms with Gasteiger partial charge in [0, 0.05) is 23.8 Å². The number of fused-ring (bicyclic) bond motifs is 1. The molecule has 0 saturated carbocycles. The molecule has 0 aliphatic carbocycles. The van der Waals surface area contributed by atoms with Crippen LogP contribution in [-0.2, 0) is 24.0 Å². The van der Waals surface area contributed by atoms with Crippen LogP contribution in [0.2, 0.25) is 0 Å². The molecule has 4 aromatic carbocycles. The van der Waals surface area contributed by atoms with E-state index in [0.29, 0.717) is 63.5 Å². The van der Waals surface area contributed by atoms with Gasteiger partial charge in [-0.1, -0.05) is 18.2 Å². The van der Waals surface area contributed by atoms with Gasteiger partial charge in [-0.3, -0.25) is 0 Å². The fourth-order valence-corrected chi connectivity index (χ4v) is 4.66. The molecule has 0 atom stereocenters. The van der Waals surface area contributed by atoms with Gasteiger partial charge in [-0.2, -0.15) is 0 Å². The van der Waals surface area contributed by atoms with E-state index in [4.69, 9.17) is 23.7 Å².